The Labute approximate surface area is 158 Å². The topological polar surface area (TPSA) is 66.9 Å². The number of hydrogen-bond donors (Lipinski definition) is 2. The minimum atomic E-state index is -0.709. The summed E-state index contributed by atoms with van der Waals surface area (Å²) in [6.45, 7) is 1.76. The van der Waals surface area contributed by atoms with E-state index in [-0.39, 0.29) is 11.4 Å². The summed E-state index contributed by atoms with van der Waals surface area (Å²) in [4.78, 5) is 21.4. The van der Waals surface area contributed by atoms with Gasteiger partial charge in [0.1, 0.15) is 11.6 Å². The van der Waals surface area contributed by atoms with E-state index in [0.29, 0.717) is 22.4 Å². The summed E-state index contributed by atoms with van der Waals surface area (Å²) in [6, 6.07) is 6.44. The number of nitrogens with zero attached hydrogens (tertiary/aromatic N) is 2. The molecule has 4 rings (SSSR count). The van der Waals surface area contributed by atoms with Crippen LogP contribution in [0.1, 0.15) is 40.6 Å². The molecule has 0 unspecified atom stereocenters. The van der Waals surface area contributed by atoms with Crippen LogP contribution in [0.5, 0.6) is 0 Å². The van der Waals surface area contributed by atoms with Crippen LogP contribution in [-0.4, -0.2) is 15.9 Å². The van der Waals surface area contributed by atoms with Gasteiger partial charge in [0.25, 0.3) is 5.91 Å². The second-order valence-electron chi connectivity index (χ2n) is 6.44. The number of carbonyl (C=O) groups is 1. The molecule has 1 saturated carbocycles. The standard InChI is InChI=1S/C19H16F2N4OS/c1-10-2-5-15(23-14-7-12(20)6-13(21)8-14)17(22-10)18(26)25-19-24-16(9-27-19)11-3-4-11/h2,5-9,11,23H,3-4H2,1H3,(H,24,25,26). The van der Waals surface area contributed by atoms with Crippen molar-refractivity contribution < 1.29 is 13.6 Å². The second-order valence-corrected chi connectivity index (χ2v) is 7.30. The summed E-state index contributed by atoms with van der Waals surface area (Å²) in [7, 11) is 0. The third kappa shape index (κ3) is 4.11. The molecule has 5 nitrogen and oxygen atoms in total. The first-order chi connectivity index (χ1) is 13.0. The molecule has 1 aliphatic carbocycles. The van der Waals surface area contributed by atoms with Gasteiger partial charge in [0.15, 0.2) is 10.8 Å². The van der Waals surface area contributed by atoms with Gasteiger partial charge < -0.3 is 5.32 Å². The van der Waals surface area contributed by atoms with Crippen LogP contribution >= 0.6 is 11.3 Å². The fourth-order valence-corrected chi connectivity index (χ4v) is 3.47. The molecular formula is C19H16F2N4OS. The van der Waals surface area contributed by atoms with Crippen molar-refractivity contribution in [1.29, 1.82) is 0 Å². The molecule has 2 heterocycles. The number of hydrogen-bond acceptors (Lipinski definition) is 5. The second kappa shape index (κ2) is 7.03. The highest BCUT2D eigenvalue weighted by Crippen LogP contribution is 2.41. The highest BCUT2D eigenvalue weighted by atomic mass is 32.1. The molecule has 0 saturated heterocycles. The first-order valence-corrected chi connectivity index (χ1v) is 9.33. The van der Waals surface area contributed by atoms with Gasteiger partial charge in [0.2, 0.25) is 0 Å². The van der Waals surface area contributed by atoms with E-state index in [1.165, 1.54) is 11.3 Å². The average Bonchev–Trinajstić information content (AvgIpc) is 3.35. The van der Waals surface area contributed by atoms with Crippen molar-refractivity contribution in [3.8, 4) is 0 Å². The SMILES string of the molecule is Cc1ccc(Nc2cc(F)cc(F)c2)c(C(=O)Nc2nc(C3CC3)cs2)n1. The molecule has 0 spiro atoms. The lowest BCUT2D eigenvalue weighted by Crippen LogP contribution is -2.16. The van der Waals surface area contributed by atoms with Crippen LogP contribution in [0.15, 0.2) is 35.7 Å². The Kier molecular flexibility index (Phi) is 4.57. The molecule has 3 aromatic rings. The van der Waals surface area contributed by atoms with E-state index < -0.39 is 17.5 Å². The minimum Gasteiger partial charge on any atom is -0.353 e. The van der Waals surface area contributed by atoms with E-state index in [2.05, 4.69) is 20.6 Å². The maximum atomic E-state index is 13.4. The monoisotopic (exact) mass is 386 g/mol. The number of thiazole rings is 1. The molecule has 1 amide bonds. The highest BCUT2D eigenvalue weighted by molar-refractivity contribution is 7.14. The lowest BCUT2D eigenvalue weighted by atomic mass is 10.2. The van der Waals surface area contributed by atoms with Crippen molar-refractivity contribution in [2.24, 2.45) is 0 Å². The Bertz CT molecular complexity index is 996. The first kappa shape index (κ1) is 17.5. The molecule has 0 aliphatic heterocycles. The third-order valence-corrected chi connectivity index (χ3v) is 4.91. The van der Waals surface area contributed by atoms with Crippen molar-refractivity contribution in [2.75, 3.05) is 10.6 Å². The maximum absolute atomic E-state index is 13.4. The molecule has 2 aromatic heterocycles. The van der Waals surface area contributed by atoms with Gasteiger partial charge in [-0.2, -0.15) is 0 Å². The molecule has 0 atom stereocenters. The van der Waals surface area contributed by atoms with E-state index in [4.69, 9.17) is 0 Å². The molecular weight excluding hydrogens is 370 g/mol. The zero-order chi connectivity index (χ0) is 19.0. The summed E-state index contributed by atoms with van der Waals surface area (Å²) in [5.74, 6) is -1.35. The fraction of sp³-hybridized carbons (Fsp3) is 0.211. The molecule has 8 heteroatoms. The van der Waals surface area contributed by atoms with Crippen molar-refractivity contribution in [3.63, 3.8) is 0 Å². The predicted molar refractivity (Wildman–Crippen MR) is 101 cm³/mol. The van der Waals surface area contributed by atoms with Gasteiger partial charge in [0, 0.05) is 28.7 Å². The number of aryl methyl sites for hydroxylation is 1. The molecule has 138 valence electrons. The smallest absolute Gasteiger partial charge is 0.278 e. The van der Waals surface area contributed by atoms with Crippen LogP contribution in [-0.2, 0) is 0 Å². The number of aromatic nitrogens is 2. The lowest BCUT2D eigenvalue weighted by molar-refractivity contribution is 0.102. The van der Waals surface area contributed by atoms with E-state index in [9.17, 15) is 13.6 Å². The van der Waals surface area contributed by atoms with Gasteiger partial charge >= 0.3 is 0 Å². The van der Waals surface area contributed by atoms with Crippen LogP contribution < -0.4 is 10.6 Å². The van der Waals surface area contributed by atoms with E-state index >= 15 is 0 Å². The van der Waals surface area contributed by atoms with Crippen molar-refractivity contribution in [3.05, 3.63) is 64.4 Å². The molecule has 2 N–H and O–H groups in total. The first-order valence-electron chi connectivity index (χ1n) is 8.45. The normalized spacial score (nSPS) is 13.4. The summed E-state index contributed by atoms with van der Waals surface area (Å²) < 4.78 is 26.9. The number of pyridine rings is 1. The number of rotatable bonds is 5. The largest absolute Gasteiger partial charge is 0.353 e. The number of nitrogens with one attached hydrogen (secondary N) is 2. The third-order valence-electron chi connectivity index (χ3n) is 4.13. The van der Waals surface area contributed by atoms with Crippen LogP contribution in [0.3, 0.4) is 0 Å². The van der Waals surface area contributed by atoms with Crippen LogP contribution in [0.25, 0.3) is 0 Å². The number of amides is 1. The van der Waals surface area contributed by atoms with Gasteiger partial charge in [-0.25, -0.2) is 18.7 Å². The molecule has 0 bridgehead atoms. The van der Waals surface area contributed by atoms with Crippen LogP contribution in [0, 0.1) is 18.6 Å². The Morgan fingerprint density at radius 1 is 1.15 bits per heavy atom. The van der Waals surface area contributed by atoms with E-state index in [1.807, 2.05) is 5.38 Å². The highest BCUT2D eigenvalue weighted by Gasteiger charge is 2.26. The van der Waals surface area contributed by atoms with Crippen LogP contribution in [0.4, 0.5) is 25.3 Å². The van der Waals surface area contributed by atoms with Gasteiger partial charge in [-0.1, -0.05) is 0 Å². The number of halogens is 2. The van der Waals surface area contributed by atoms with Gasteiger partial charge in [-0.3, -0.25) is 10.1 Å². The molecule has 0 radical (unpaired) electrons. The van der Waals surface area contributed by atoms with Crippen molar-refractivity contribution >= 4 is 33.8 Å². The van der Waals surface area contributed by atoms with E-state index in [0.717, 1.165) is 36.7 Å². The summed E-state index contributed by atoms with van der Waals surface area (Å²) in [5, 5.41) is 8.07. The summed E-state index contributed by atoms with van der Waals surface area (Å²) in [5.41, 5.74) is 2.32. The van der Waals surface area contributed by atoms with Gasteiger partial charge in [-0.05, 0) is 44.0 Å². The predicted octanol–water partition coefficient (Wildman–Crippen LogP) is 5.00. The Morgan fingerprint density at radius 2 is 1.89 bits per heavy atom. The van der Waals surface area contributed by atoms with Crippen molar-refractivity contribution in [2.45, 2.75) is 25.7 Å². The summed E-state index contributed by atoms with van der Waals surface area (Å²) in [6.07, 6.45) is 2.27. The number of benzene rings is 1. The quantitative estimate of drug-likeness (QED) is 0.648. The Hall–Kier alpha value is -2.87. The minimum absolute atomic E-state index is 0.128. The van der Waals surface area contributed by atoms with Gasteiger partial charge in [0.05, 0.1) is 11.4 Å². The maximum Gasteiger partial charge on any atom is 0.278 e. The van der Waals surface area contributed by atoms with Crippen molar-refractivity contribution in [1.82, 2.24) is 9.97 Å². The lowest BCUT2D eigenvalue weighted by Gasteiger charge is -2.12. The average molecular weight is 386 g/mol. The molecule has 1 aliphatic rings. The number of carbonyl (C=O) groups excluding carboxylic acids is 1. The number of anilines is 3. The molecule has 27 heavy (non-hydrogen) atoms. The molecule has 1 aromatic carbocycles. The van der Waals surface area contributed by atoms with Gasteiger partial charge in [-0.15, -0.1) is 11.3 Å². The summed E-state index contributed by atoms with van der Waals surface area (Å²) >= 11 is 1.37. The zero-order valence-electron chi connectivity index (χ0n) is 14.4. The molecule has 1 fully saturated rings. The van der Waals surface area contributed by atoms with E-state index in [1.54, 1.807) is 19.1 Å². The van der Waals surface area contributed by atoms with Crippen LogP contribution in [0.2, 0.25) is 0 Å². The zero-order valence-corrected chi connectivity index (χ0v) is 15.2. The Balaban J connectivity index is 1.58. The Morgan fingerprint density at radius 3 is 2.59 bits per heavy atom. The fourth-order valence-electron chi connectivity index (χ4n) is 2.68.